The molecule has 5 heteroatoms. The van der Waals surface area contributed by atoms with Gasteiger partial charge < -0.3 is 0 Å². The average molecular weight is 188 g/mol. The van der Waals surface area contributed by atoms with E-state index in [0.717, 1.165) is 5.76 Å². The van der Waals surface area contributed by atoms with Crippen molar-refractivity contribution in [3.05, 3.63) is 12.0 Å². The molecule has 0 bridgehead atoms. The van der Waals surface area contributed by atoms with E-state index in [9.17, 15) is 4.79 Å². The van der Waals surface area contributed by atoms with Crippen LogP contribution >= 0.6 is 7.13 Å². The molecule has 68 valence electrons. The van der Waals surface area contributed by atoms with Crippen molar-refractivity contribution >= 4 is 13.2 Å². The molecule has 0 saturated carbocycles. The van der Waals surface area contributed by atoms with Gasteiger partial charge >= 0.3 is 71.1 Å². The molecule has 1 saturated heterocycles. The van der Waals surface area contributed by atoms with Crippen molar-refractivity contribution in [1.29, 1.82) is 0 Å². The van der Waals surface area contributed by atoms with Crippen molar-refractivity contribution in [1.82, 2.24) is 9.34 Å². The Morgan fingerprint density at radius 3 is 2.58 bits per heavy atom. The first-order valence-electron chi connectivity index (χ1n) is 3.83. The van der Waals surface area contributed by atoms with Crippen LogP contribution in [0.4, 0.5) is 4.79 Å². The van der Waals surface area contributed by atoms with E-state index in [0.29, 0.717) is 0 Å². The van der Waals surface area contributed by atoms with Crippen molar-refractivity contribution in [3.63, 3.8) is 0 Å². The number of nitrogens with zero attached hydrogens (tertiary/aromatic N) is 2. The number of hydrogen-bond acceptors (Lipinski definition) is 2. The minimum atomic E-state index is -2.44. The summed E-state index contributed by atoms with van der Waals surface area (Å²) in [6.45, 7) is 5.90. The van der Waals surface area contributed by atoms with Crippen LogP contribution in [0.25, 0.3) is 0 Å². The summed E-state index contributed by atoms with van der Waals surface area (Å²) >= 11 is 0. The van der Waals surface area contributed by atoms with Crippen molar-refractivity contribution in [2.24, 2.45) is 0 Å². The van der Waals surface area contributed by atoms with Crippen LogP contribution in [0.1, 0.15) is 6.92 Å². The Morgan fingerprint density at radius 2 is 2.08 bits per heavy atom. The van der Waals surface area contributed by atoms with E-state index in [1.165, 1.54) is 0 Å². The summed E-state index contributed by atoms with van der Waals surface area (Å²) < 4.78 is 9.20. The number of hydrogen-bond donors (Lipinski definition) is 0. The maximum absolute atomic E-state index is 11.4. The summed E-state index contributed by atoms with van der Waals surface area (Å²) in [5.74, 6) is 0.829. The summed E-state index contributed by atoms with van der Waals surface area (Å²) in [6.07, 6.45) is 1.79. The van der Waals surface area contributed by atoms with Gasteiger partial charge in [0.2, 0.25) is 0 Å². The standard InChI is InChI=1S/C7H13N2O2P/c1-6-5-9-7(10)8(2)12(9,3,4)11-6/h5H,1-4H3. The first-order valence-corrected chi connectivity index (χ1v) is 6.78. The molecule has 2 amide bonds. The van der Waals surface area contributed by atoms with Crippen molar-refractivity contribution < 1.29 is 9.32 Å². The number of urea groups is 1. The molecule has 0 atom stereocenters. The predicted molar refractivity (Wildman–Crippen MR) is 48.6 cm³/mol. The van der Waals surface area contributed by atoms with Crippen LogP contribution in [0.3, 0.4) is 0 Å². The molecule has 0 N–H and O–H groups in total. The van der Waals surface area contributed by atoms with Gasteiger partial charge in [0.05, 0.1) is 0 Å². The van der Waals surface area contributed by atoms with Gasteiger partial charge in [-0.1, -0.05) is 0 Å². The van der Waals surface area contributed by atoms with Crippen LogP contribution in [-0.2, 0) is 4.52 Å². The zero-order valence-corrected chi connectivity index (χ0v) is 8.63. The molecule has 0 aromatic heterocycles. The molecular weight excluding hydrogens is 175 g/mol. The van der Waals surface area contributed by atoms with Gasteiger partial charge in [-0.25, -0.2) is 0 Å². The number of amides is 2. The first-order chi connectivity index (χ1) is 5.35. The third-order valence-electron chi connectivity index (χ3n) is 2.66. The van der Waals surface area contributed by atoms with Gasteiger partial charge in [-0.05, 0) is 0 Å². The summed E-state index contributed by atoms with van der Waals surface area (Å²) in [5.41, 5.74) is 0. The van der Waals surface area contributed by atoms with Gasteiger partial charge in [-0.2, -0.15) is 0 Å². The first kappa shape index (κ1) is 7.87. The van der Waals surface area contributed by atoms with Crippen LogP contribution in [0, 0.1) is 0 Å². The molecule has 0 radical (unpaired) electrons. The number of allylic oxidation sites excluding steroid dienone is 1. The number of carbonyl (C=O) groups excluding carboxylic acids is 1. The van der Waals surface area contributed by atoms with Gasteiger partial charge in [-0.3, -0.25) is 0 Å². The maximum atomic E-state index is 11.4. The predicted octanol–water partition coefficient (Wildman–Crippen LogP) is 1.80. The summed E-state index contributed by atoms with van der Waals surface area (Å²) in [4.78, 5) is 11.4. The molecule has 2 rings (SSSR count). The fourth-order valence-electron chi connectivity index (χ4n) is 1.68. The van der Waals surface area contributed by atoms with Gasteiger partial charge in [0.1, 0.15) is 0 Å². The Kier molecular flexibility index (Phi) is 1.06. The third kappa shape index (κ3) is 0.568. The summed E-state index contributed by atoms with van der Waals surface area (Å²) in [7, 11) is -0.641. The van der Waals surface area contributed by atoms with E-state index in [2.05, 4.69) is 0 Å². The van der Waals surface area contributed by atoms with E-state index in [-0.39, 0.29) is 6.03 Å². The molecule has 2 aliphatic rings. The van der Waals surface area contributed by atoms with Crippen LogP contribution in [0.15, 0.2) is 12.0 Å². The van der Waals surface area contributed by atoms with Crippen LogP contribution in [0.2, 0.25) is 0 Å². The fourth-order valence-corrected chi connectivity index (χ4v) is 4.64. The molecular formula is C7H13N2O2P. The van der Waals surface area contributed by atoms with Gasteiger partial charge in [0.15, 0.2) is 0 Å². The zero-order chi connectivity index (χ0) is 9.17. The normalized spacial score (nSPS) is 32.5. The SMILES string of the molecule is CC1=CN2C(=O)N(C)P2(C)(C)O1. The Hall–Kier alpha value is -0.760. The Balaban J connectivity index is 2.46. The second-order valence-corrected chi connectivity index (χ2v) is 8.79. The van der Waals surface area contributed by atoms with Crippen LogP contribution in [-0.4, -0.2) is 35.7 Å². The van der Waals surface area contributed by atoms with E-state index >= 15 is 0 Å². The monoisotopic (exact) mass is 188 g/mol. The molecule has 1 fully saturated rings. The van der Waals surface area contributed by atoms with Crippen molar-refractivity contribution in [2.75, 3.05) is 20.4 Å². The molecule has 0 aliphatic carbocycles. The van der Waals surface area contributed by atoms with Crippen molar-refractivity contribution in [3.8, 4) is 0 Å². The number of carbonyl (C=O) groups is 1. The molecule has 4 nitrogen and oxygen atoms in total. The molecule has 12 heavy (non-hydrogen) atoms. The molecule has 2 heterocycles. The van der Waals surface area contributed by atoms with E-state index in [1.54, 1.807) is 22.6 Å². The topological polar surface area (TPSA) is 32.8 Å². The molecule has 0 aromatic rings. The molecule has 0 aromatic carbocycles. The Bertz CT molecular complexity index is 311. The fraction of sp³-hybridized carbons (Fsp3) is 0.571. The van der Waals surface area contributed by atoms with Gasteiger partial charge in [-0.15, -0.1) is 0 Å². The Morgan fingerprint density at radius 1 is 1.50 bits per heavy atom. The van der Waals surface area contributed by atoms with Crippen LogP contribution in [0.5, 0.6) is 0 Å². The van der Waals surface area contributed by atoms with E-state index < -0.39 is 7.13 Å². The third-order valence-corrected chi connectivity index (χ3v) is 6.87. The second-order valence-electron chi connectivity index (χ2n) is 3.85. The number of rotatable bonds is 0. The van der Waals surface area contributed by atoms with Crippen molar-refractivity contribution in [2.45, 2.75) is 6.92 Å². The molecule has 2 aliphatic heterocycles. The Labute approximate surface area is 71.9 Å². The van der Waals surface area contributed by atoms with Crippen LogP contribution < -0.4 is 0 Å². The summed E-state index contributed by atoms with van der Waals surface area (Å²) in [5, 5.41) is 0. The molecule has 0 spiro atoms. The zero-order valence-electron chi connectivity index (χ0n) is 7.74. The quantitative estimate of drug-likeness (QED) is 0.543. The van der Waals surface area contributed by atoms with Gasteiger partial charge in [0, 0.05) is 0 Å². The minimum absolute atomic E-state index is 0.0366. The van der Waals surface area contributed by atoms with E-state index in [4.69, 9.17) is 4.52 Å². The van der Waals surface area contributed by atoms with E-state index in [1.807, 2.05) is 20.3 Å². The average Bonchev–Trinajstić information content (AvgIpc) is 2.18. The molecule has 0 unspecified atom stereocenters. The second kappa shape index (κ2) is 1.62. The number of fused-ring (bicyclic) bond motifs is 1. The van der Waals surface area contributed by atoms with Gasteiger partial charge in [0.25, 0.3) is 0 Å². The summed E-state index contributed by atoms with van der Waals surface area (Å²) in [6, 6.07) is 0.0366.